The highest BCUT2D eigenvalue weighted by molar-refractivity contribution is 7.49. The first-order chi connectivity index (χ1) is 1.73. The van der Waals surface area contributed by atoms with Crippen LogP contribution < -0.4 is 0 Å². The standard InChI is InChI=1S/BH9Si3/c2-1(3)4/h2-4H3. The second-order valence-electron chi connectivity index (χ2n) is 1.73. The maximum absolute atomic E-state index is 1.47. The van der Waals surface area contributed by atoms with E-state index in [0.717, 1.165) is 0 Å². The zero-order valence-corrected chi connectivity index (χ0v) is 9.58. The Hall–Kier alpha value is 0.716. The van der Waals surface area contributed by atoms with Gasteiger partial charge in [0.05, 0.1) is 5.49 Å². The molecule has 4 heteroatoms. The molecule has 0 aliphatic carbocycles. The van der Waals surface area contributed by atoms with Gasteiger partial charge in [-0.1, -0.05) is 0 Å². The van der Waals surface area contributed by atoms with E-state index in [0.29, 0.717) is 0 Å². The van der Waals surface area contributed by atoms with Gasteiger partial charge in [-0.2, -0.15) is 0 Å². The summed E-state index contributed by atoms with van der Waals surface area (Å²) in [5, 5.41) is 0. The topological polar surface area (TPSA) is 0 Å². The molecule has 0 aromatic rings. The maximum Gasteiger partial charge on any atom is 0.0926 e. The van der Waals surface area contributed by atoms with Crippen LogP contribution in [0, 0.1) is 0 Å². The van der Waals surface area contributed by atoms with Crippen molar-refractivity contribution in [1.29, 1.82) is 0 Å². The summed E-state index contributed by atoms with van der Waals surface area (Å²) >= 11 is 0. The molecule has 0 bridgehead atoms. The quantitative estimate of drug-likeness (QED) is 0.275. The van der Waals surface area contributed by atoms with Gasteiger partial charge < -0.3 is 0 Å². The Kier molecular flexibility index (Phi) is 2.34. The molecule has 0 rings (SSSR count). The molecule has 0 fully saturated rings. The van der Waals surface area contributed by atoms with E-state index in [4.69, 9.17) is 0 Å². The highest BCUT2D eigenvalue weighted by Crippen LogP contribution is 1.35. The van der Waals surface area contributed by atoms with Crippen molar-refractivity contribution >= 4 is 35.8 Å². The normalized spacial score (nSPS) is 9.00. The molecule has 0 heterocycles. The van der Waals surface area contributed by atoms with Crippen LogP contribution in [0.5, 0.6) is 0 Å². The van der Waals surface area contributed by atoms with Gasteiger partial charge >= 0.3 is 0 Å². The van der Waals surface area contributed by atoms with Gasteiger partial charge in [0, 0.05) is 0 Å². The Balaban J connectivity index is 2.32. The van der Waals surface area contributed by atoms with Crippen LogP contribution in [0.2, 0.25) is 0 Å². The molecule has 0 nitrogen and oxygen atoms in total. The molecule has 0 aliphatic rings. The van der Waals surface area contributed by atoms with Gasteiger partial charge in [0.15, 0.2) is 0 Å². The van der Waals surface area contributed by atoms with Gasteiger partial charge in [0.25, 0.3) is 0 Å². The molecule has 0 aromatic carbocycles. The summed E-state index contributed by atoms with van der Waals surface area (Å²) in [4.78, 5) is 0. The fourth-order valence-corrected chi connectivity index (χ4v) is 0. The summed E-state index contributed by atoms with van der Waals surface area (Å²) in [5.41, 5.74) is 1.25. The minimum atomic E-state index is 1.25. The van der Waals surface area contributed by atoms with Gasteiger partial charge in [-0.3, -0.25) is 0 Å². The minimum absolute atomic E-state index is 1.25. The summed E-state index contributed by atoms with van der Waals surface area (Å²) in [5.74, 6) is 0. The van der Waals surface area contributed by atoms with Crippen molar-refractivity contribution in [2.75, 3.05) is 0 Å². The van der Waals surface area contributed by atoms with Gasteiger partial charge in [0.1, 0.15) is 0 Å². The van der Waals surface area contributed by atoms with Crippen molar-refractivity contribution in [3.63, 3.8) is 0 Å². The third-order valence-corrected chi connectivity index (χ3v) is 0. The number of rotatable bonds is 0. The largest absolute Gasteiger partial charge is 0.0926 e. The molecule has 4 heavy (non-hydrogen) atoms. The lowest BCUT2D eigenvalue weighted by molar-refractivity contribution is 4.02. The van der Waals surface area contributed by atoms with Gasteiger partial charge in [-0.05, 0) is 30.3 Å². The first-order valence-electron chi connectivity index (χ1n) is 1.73. The van der Waals surface area contributed by atoms with E-state index in [1.807, 2.05) is 0 Å². The average molecular weight is 104 g/mol. The van der Waals surface area contributed by atoms with E-state index in [9.17, 15) is 0 Å². The van der Waals surface area contributed by atoms with Crippen LogP contribution in [0.15, 0.2) is 0 Å². The third-order valence-electron chi connectivity index (χ3n) is 0. The Labute approximate surface area is 36.5 Å². The van der Waals surface area contributed by atoms with Crippen molar-refractivity contribution in [2.24, 2.45) is 0 Å². The fourth-order valence-electron chi connectivity index (χ4n) is 0. The molecule has 0 amide bonds. The highest BCUT2D eigenvalue weighted by atomic mass is 28.3. The predicted octanol–water partition coefficient (Wildman–Crippen LogP) is -3.93. The molecule has 0 saturated heterocycles. The summed E-state index contributed by atoms with van der Waals surface area (Å²) < 4.78 is 0. The summed E-state index contributed by atoms with van der Waals surface area (Å²) in [6.07, 6.45) is 0. The van der Waals surface area contributed by atoms with E-state index in [1.165, 1.54) is 35.8 Å². The molecular formula is H9BSi3. The van der Waals surface area contributed by atoms with Crippen LogP contribution in [0.1, 0.15) is 0 Å². The zero-order valence-electron chi connectivity index (χ0n) is 3.58. The zero-order chi connectivity index (χ0) is 3.58. The lowest BCUT2D eigenvalue weighted by Crippen LogP contribution is -2.11. The fraction of sp³-hybridized carbons (Fsp3) is 0. The minimum Gasteiger partial charge on any atom is -0.0290 e. The Bertz CT molecular complexity index is 8.00. The smallest absolute Gasteiger partial charge is 0.0290 e. The van der Waals surface area contributed by atoms with E-state index < -0.39 is 0 Å². The molecule has 0 atom stereocenters. The molecule has 0 unspecified atom stereocenters. The van der Waals surface area contributed by atoms with Gasteiger partial charge in [0.2, 0.25) is 0 Å². The molecule has 0 spiro atoms. The first-order valence-corrected chi connectivity index (χ1v) is 5.20. The van der Waals surface area contributed by atoms with E-state index in [2.05, 4.69) is 0 Å². The van der Waals surface area contributed by atoms with Crippen LogP contribution in [0.3, 0.4) is 0 Å². The lowest BCUT2D eigenvalue weighted by Gasteiger charge is -1.70. The van der Waals surface area contributed by atoms with Crippen LogP contribution in [-0.4, -0.2) is 35.8 Å². The number of hydrogen-bond donors (Lipinski definition) is 0. The van der Waals surface area contributed by atoms with Crippen LogP contribution >= 0.6 is 0 Å². The second kappa shape index (κ2) is 1.98. The van der Waals surface area contributed by atoms with Gasteiger partial charge in [-0.15, -0.1) is 0 Å². The SMILES string of the molecule is [SiH3]B([SiH3])[SiH3]. The Morgan fingerprint density at radius 2 is 1.00 bits per heavy atom. The maximum atomic E-state index is 1.47. The second-order valence-corrected chi connectivity index (χ2v) is 15.6. The van der Waals surface area contributed by atoms with E-state index in [-0.39, 0.29) is 0 Å². The highest BCUT2D eigenvalue weighted by Gasteiger charge is 1.77. The third kappa shape index (κ3) is 15.6. The predicted molar refractivity (Wildman–Crippen MR) is 35.6 cm³/mol. The van der Waals surface area contributed by atoms with Crippen LogP contribution in [0.4, 0.5) is 0 Å². The molecule has 0 N–H and O–H groups in total. The summed E-state index contributed by atoms with van der Waals surface area (Å²) in [7, 11) is 4.42. The Morgan fingerprint density at radius 1 is 1.00 bits per heavy atom. The molecule has 0 saturated carbocycles. The van der Waals surface area contributed by atoms with Crippen molar-refractivity contribution in [3.8, 4) is 0 Å². The van der Waals surface area contributed by atoms with Gasteiger partial charge in [-0.25, -0.2) is 0 Å². The monoisotopic (exact) mass is 104 g/mol. The van der Waals surface area contributed by atoms with Crippen LogP contribution in [0.25, 0.3) is 0 Å². The molecular weight excluding hydrogens is 95.1 g/mol. The van der Waals surface area contributed by atoms with Crippen molar-refractivity contribution < 1.29 is 0 Å². The first kappa shape index (κ1) is 4.72. The van der Waals surface area contributed by atoms with E-state index in [1.54, 1.807) is 0 Å². The summed E-state index contributed by atoms with van der Waals surface area (Å²) in [6, 6.07) is 0. The number of hydrogen-bond acceptors (Lipinski definition) is 0. The summed E-state index contributed by atoms with van der Waals surface area (Å²) in [6.45, 7) is 0. The van der Waals surface area contributed by atoms with E-state index >= 15 is 0 Å². The molecule has 0 radical (unpaired) electrons. The average Bonchev–Trinajstić information content (AvgIpc) is 0.811. The van der Waals surface area contributed by atoms with Crippen molar-refractivity contribution in [3.05, 3.63) is 0 Å². The Morgan fingerprint density at radius 3 is 1.00 bits per heavy atom. The molecule has 24 valence electrons. The van der Waals surface area contributed by atoms with Crippen LogP contribution in [-0.2, 0) is 0 Å². The molecule has 0 aromatic heterocycles. The lowest BCUT2D eigenvalue weighted by atomic mass is 10.6. The van der Waals surface area contributed by atoms with Crippen molar-refractivity contribution in [2.45, 2.75) is 0 Å². The van der Waals surface area contributed by atoms with Crippen molar-refractivity contribution in [1.82, 2.24) is 0 Å². The molecule has 0 aliphatic heterocycles.